The van der Waals surface area contributed by atoms with Gasteiger partial charge < -0.3 is 19.5 Å². The number of fused-ring (bicyclic) bond motifs is 2. The molecule has 9 rings (SSSR count). The average Bonchev–Trinajstić information content (AvgIpc) is 3.94. The molecule has 3 fully saturated rings. The molecule has 2 N–H and O–H groups in total. The Labute approximate surface area is 341 Å². The van der Waals surface area contributed by atoms with E-state index in [-0.39, 0.29) is 35.6 Å². The SMILES string of the molecule is Cc1cc(-c2ncnn3cc(OC4CC(CN5CCC(c6ccc7c(N8CCC(=O)NC8=O)nn(C)c7c6)CC5)C4)cc23)ccc1CNC(=O)c1noc(C(C)(C)C)n1. The first-order valence-electron chi connectivity index (χ1n) is 20.4. The minimum atomic E-state index is -0.418. The molecule has 1 saturated carbocycles. The van der Waals surface area contributed by atoms with E-state index in [0.717, 1.165) is 89.9 Å². The van der Waals surface area contributed by atoms with Crippen molar-refractivity contribution in [3.8, 4) is 17.0 Å². The number of benzene rings is 2. The van der Waals surface area contributed by atoms with Gasteiger partial charge in [-0.3, -0.25) is 24.5 Å². The first kappa shape index (κ1) is 38.4. The predicted molar refractivity (Wildman–Crippen MR) is 219 cm³/mol. The van der Waals surface area contributed by atoms with Crippen LogP contribution in [0.5, 0.6) is 5.75 Å². The van der Waals surface area contributed by atoms with Gasteiger partial charge in [-0.1, -0.05) is 44.1 Å². The van der Waals surface area contributed by atoms with Gasteiger partial charge in [0, 0.05) is 55.5 Å². The Morgan fingerprint density at radius 2 is 1.85 bits per heavy atom. The zero-order valence-corrected chi connectivity index (χ0v) is 34.1. The van der Waals surface area contributed by atoms with Crippen LogP contribution < -0.4 is 20.3 Å². The van der Waals surface area contributed by atoms with E-state index in [4.69, 9.17) is 9.26 Å². The Morgan fingerprint density at radius 1 is 1.03 bits per heavy atom. The molecule has 0 spiro atoms. The second kappa shape index (κ2) is 15.2. The van der Waals surface area contributed by atoms with Crippen molar-refractivity contribution in [1.29, 1.82) is 0 Å². The number of ether oxygens (including phenoxy) is 1. The zero-order chi connectivity index (χ0) is 41.0. The highest BCUT2D eigenvalue weighted by Gasteiger charge is 2.34. The van der Waals surface area contributed by atoms with Crippen molar-refractivity contribution in [3.63, 3.8) is 0 Å². The van der Waals surface area contributed by atoms with Crippen LogP contribution in [0.2, 0.25) is 0 Å². The van der Waals surface area contributed by atoms with Gasteiger partial charge in [0.15, 0.2) is 5.82 Å². The van der Waals surface area contributed by atoms with E-state index >= 15 is 0 Å². The summed E-state index contributed by atoms with van der Waals surface area (Å²) in [6.07, 6.45) is 8.16. The minimum absolute atomic E-state index is 0.0227. The molecule has 4 aromatic heterocycles. The monoisotopic (exact) mass is 799 g/mol. The van der Waals surface area contributed by atoms with Crippen LogP contribution in [-0.4, -0.2) is 89.5 Å². The third-order valence-electron chi connectivity index (χ3n) is 11.9. The quantitative estimate of drug-likeness (QED) is 0.174. The molecule has 16 heteroatoms. The Bertz CT molecular complexity index is 2570. The van der Waals surface area contributed by atoms with Crippen LogP contribution in [-0.2, 0) is 23.8 Å². The first-order chi connectivity index (χ1) is 28.4. The summed E-state index contributed by atoms with van der Waals surface area (Å²) in [4.78, 5) is 49.9. The molecule has 6 heterocycles. The van der Waals surface area contributed by atoms with Crippen LogP contribution in [0, 0.1) is 12.8 Å². The maximum absolute atomic E-state index is 12.7. The van der Waals surface area contributed by atoms with Crippen LogP contribution >= 0.6 is 0 Å². The fourth-order valence-corrected chi connectivity index (χ4v) is 8.51. The average molecular weight is 800 g/mol. The highest BCUT2D eigenvalue weighted by Crippen LogP contribution is 2.37. The number of aromatic nitrogens is 7. The van der Waals surface area contributed by atoms with Gasteiger partial charge in [-0.25, -0.2) is 14.3 Å². The molecule has 306 valence electrons. The lowest BCUT2D eigenvalue weighted by molar-refractivity contribution is -0.120. The van der Waals surface area contributed by atoms with Crippen LogP contribution in [0.15, 0.2) is 59.5 Å². The van der Waals surface area contributed by atoms with Crippen molar-refractivity contribution in [1.82, 2.24) is 50.1 Å². The topological polar surface area (TPSA) is 178 Å². The first-order valence-corrected chi connectivity index (χ1v) is 20.4. The number of urea groups is 1. The molecule has 59 heavy (non-hydrogen) atoms. The Hall–Kier alpha value is -6.16. The summed E-state index contributed by atoms with van der Waals surface area (Å²) in [5, 5.41) is 19.2. The second-order valence-electron chi connectivity index (χ2n) is 17.2. The molecule has 2 aromatic carbocycles. The van der Waals surface area contributed by atoms with Crippen LogP contribution in [0.1, 0.15) is 92.0 Å². The molecule has 2 saturated heterocycles. The molecule has 16 nitrogen and oxygen atoms in total. The molecule has 6 aromatic rings. The van der Waals surface area contributed by atoms with E-state index in [1.807, 2.05) is 68.3 Å². The van der Waals surface area contributed by atoms with Crippen LogP contribution in [0.3, 0.4) is 0 Å². The van der Waals surface area contributed by atoms with Crippen LogP contribution in [0.4, 0.5) is 10.6 Å². The van der Waals surface area contributed by atoms with Crippen molar-refractivity contribution in [3.05, 3.63) is 83.4 Å². The van der Waals surface area contributed by atoms with E-state index in [1.165, 1.54) is 5.56 Å². The van der Waals surface area contributed by atoms with Crippen molar-refractivity contribution in [2.24, 2.45) is 13.0 Å². The number of amides is 4. The maximum atomic E-state index is 12.7. The van der Waals surface area contributed by atoms with Gasteiger partial charge in [0.05, 0.1) is 29.0 Å². The number of hydrogen-bond donors (Lipinski definition) is 2. The molecular formula is C43H49N11O5. The van der Waals surface area contributed by atoms with Crippen molar-refractivity contribution in [2.75, 3.05) is 31.1 Å². The number of piperidine rings is 1. The molecule has 0 bridgehead atoms. The van der Waals surface area contributed by atoms with Crippen molar-refractivity contribution < 1.29 is 23.6 Å². The number of imide groups is 1. The standard InChI is InChI=1S/C43H49N11O5/c1-25-16-29(6-7-30(25)21-44-40(56)38-48-41(59-50-38)43(2,3)4)37-35-20-32(23-54(35)46-24-45-37)58-31-17-26(18-31)22-52-13-10-27(11-14-52)28-8-9-33-34(19-28)51(5)49-39(33)53-15-12-36(55)47-42(53)57/h6-9,16,19-20,23-24,26-27,31H,10-15,17-18,21-22H2,1-5H3,(H,44,56)(H,47,55,57). The molecule has 4 amide bonds. The molecular weight excluding hydrogens is 751 g/mol. The molecule has 0 unspecified atom stereocenters. The normalized spacial score (nSPS) is 19.3. The zero-order valence-electron chi connectivity index (χ0n) is 34.1. The van der Waals surface area contributed by atoms with E-state index in [9.17, 15) is 14.4 Å². The molecule has 3 aliphatic rings. The van der Waals surface area contributed by atoms with Gasteiger partial charge in [0.2, 0.25) is 11.8 Å². The maximum Gasteiger partial charge on any atom is 0.329 e. The molecule has 1 aliphatic carbocycles. The lowest BCUT2D eigenvalue weighted by atomic mass is 9.81. The van der Waals surface area contributed by atoms with Gasteiger partial charge in [-0.05, 0) is 92.4 Å². The predicted octanol–water partition coefficient (Wildman–Crippen LogP) is 5.69. The minimum Gasteiger partial charge on any atom is -0.489 e. The largest absolute Gasteiger partial charge is 0.489 e. The van der Waals surface area contributed by atoms with Crippen LogP contribution in [0.25, 0.3) is 27.7 Å². The number of nitrogens with one attached hydrogen (secondary N) is 2. The van der Waals surface area contributed by atoms with E-state index in [1.54, 1.807) is 11.2 Å². The van der Waals surface area contributed by atoms with Gasteiger partial charge in [0.25, 0.3) is 11.7 Å². The number of nitrogens with zero attached hydrogens (tertiary/aromatic N) is 9. The second-order valence-corrected chi connectivity index (χ2v) is 17.2. The van der Waals surface area contributed by atoms with Gasteiger partial charge in [0.1, 0.15) is 12.1 Å². The number of anilines is 1. The summed E-state index contributed by atoms with van der Waals surface area (Å²) >= 11 is 0. The Balaban J connectivity index is 0.760. The smallest absolute Gasteiger partial charge is 0.329 e. The number of hydrogen-bond acceptors (Lipinski definition) is 11. The number of rotatable bonds is 10. The van der Waals surface area contributed by atoms with E-state index < -0.39 is 6.03 Å². The summed E-state index contributed by atoms with van der Waals surface area (Å²) < 4.78 is 15.4. The van der Waals surface area contributed by atoms with Crippen molar-refractivity contribution >= 4 is 40.1 Å². The summed E-state index contributed by atoms with van der Waals surface area (Å²) in [6, 6.07) is 14.2. The summed E-state index contributed by atoms with van der Waals surface area (Å²) in [6.45, 7) is 11.7. The number of carbonyl (C=O) groups is 3. The fraction of sp³-hybridized carbons (Fsp3) is 0.442. The highest BCUT2D eigenvalue weighted by atomic mass is 16.5. The van der Waals surface area contributed by atoms with E-state index in [2.05, 4.69) is 65.1 Å². The van der Waals surface area contributed by atoms with E-state index in [0.29, 0.717) is 36.6 Å². The fourth-order valence-electron chi connectivity index (χ4n) is 8.51. The summed E-state index contributed by atoms with van der Waals surface area (Å²) in [7, 11) is 1.90. The Morgan fingerprint density at radius 3 is 2.59 bits per heavy atom. The lowest BCUT2D eigenvalue weighted by Gasteiger charge is -2.40. The van der Waals surface area contributed by atoms with Crippen molar-refractivity contribution in [2.45, 2.75) is 83.8 Å². The number of likely N-dealkylation sites (tertiary alicyclic amines) is 1. The molecule has 0 atom stereocenters. The number of carbonyl (C=O) groups excluding carboxylic acids is 3. The number of aryl methyl sites for hydroxylation is 2. The summed E-state index contributed by atoms with van der Waals surface area (Å²) in [5.41, 5.74) is 6.57. The Kier molecular flexibility index (Phi) is 9.89. The molecule has 0 radical (unpaired) electrons. The highest BCUT2D eigenvalue weighted by molar-refractivity contribution is 6.08. The van der Waals surface area contributed by atoms with Gasteiger partial charge in [-0.15, -0.1) is 0 Å². The third kappa shape index (κ3) is 7.76. The third-order valence-corrected chi connectivity index (χ3v) is 11.9. The molecule has 2 aliphatic heterocycles. The van der Waals surface area contributed by atoms with Gasteiger partial charge in [-0.2, -0.15) is 15.2 Å². The lowest BCUT2D eigenvalue weighted by Crippen LogP contribution is -2.49. The van der Waals surface area contributed by atoms with Gasteiger partial charge >= 0.3 is 6.03 Å². The summed E-state index contributed by atoms with van der Waals surface area (Å²) in [5.74, 6) is 2.26.